The predicted octanol–water partition coefficient (Wildman–Crippen LogP) is 4.76. The number of rotatable bonds is 4. The van der Waals surface area contributed by atoms with E-state index in [1.807, 2.05) is 48.5 Å². The summed E-state index contributed by atoms with van der Waals surface area (Å²) in [6.45, 7) is 0.429. The number of hydrogen-bond donors (Lipinski definition) is 1. The predicted molar refractivity (Wildman–Crippen MR) is 86.2 cm³/mol. The molecule has 0 atom stereocenters. The lowest BCUT2D eigenvalue weighted by molar-refractivity contribution is 0.515. The Morgan fingerprint density at radius 2 is 1.86 bits per heavy atom. The molecule has 2 aromatic carbocycles. The maximum atomic E-state index is 6.04. The van der Waals surface area contributed by atoms with Crippen molar-refractivity contribution in [2.45, 2.75) is 6.54 Å². The van der Waals surface area contributed by atoms with Gasteiger partial charge in [0.25, 0.3) is 0 Å². The van der Waals surface area contributed by atoms with Gasteiger partial charge in [-0.25, -0.2) is 0 Å². The molecule has 0 saturated heterocycles. The highest BCUT2D eigenvalue weighted by Crippen LogP contribution is 2.30. The van der Waals surface area contributed by atoms with Crippen LogP contribution < -0.4 is 5.32 Å². The SMILES string of the molecule is Clc1cccc(NCc2nnc(-c3ccccc3)o2)c1Br. The first-order chi connectivity index (χ1) is 10.2. The van der Waals surface area contributed by atoms with Crippen molar-refractivity contribution in [3.63, 3.8) is 0 Å². The summed E-state index contributed by atoms with van der Waals surface area (Å²) in [5, 5.41) is 11.9. The summed E-state index contributed by atoms with van der Waals surface area (Å²) in [6.07, 6.45) is 0. The number of hydrogen-bond acceptors (Lipinski definition) is 4. The molecule has 106 valence electrons. The lowest BCUT2D eigenvalue weighted by Crippen LogP contribution is -2.00. The largest absolute Gasteiger partial charge is 0.419 e. The molecule has 0 saturated carbocycles. The first-order valence-corrected chi connectivity index (χ1v) is 7.47. The molecule has 1 aromatic heterocycles. The molecule has 6 heteroatoms. The minimum absolute atomic E-state index is 0.429. The van der Waals surface area contributed by atoms with Crippen LogP contribution in [0.5, 0.6) is 0 Å². The van der Waals surface area contributed by atoms with Crippen molar-refractivity contribution >= 4 is 33.2 Å². The van der Waals surface area contributed by atoms with Crippen LogP contribution in [0.4, 0.5) is 5.69 Å². The number of anilines is 1. The fourth-order valence-electron chi connectivity index (χ4n) is 1.83. The number of nitrogens with zero attached hydrogens (tertiary/aromatic N) is 2. The van der Waals surface area contributed by atoms with Crippen molar-refractivity contribution < 1.29 is 4.42 Å². The molecule has 0 fully saturated rings. The average Bonchev–Trinajstić information content (AvgIpc) is 2.99. The van der Waals surface area contributed by atoms with E-state index in [-0.39, 0.29) is 0 Å². The van der Waals surface area contributed by atoms with E-state index < -0.39 is 0 Å². The summed E-state index contributed by atoms with van der Waals surface area (Å²) >= 11 is 9.48. The number of aromatic nitrogens is 2. The molecule has 3 aromatic rings. The van der Waals surface area contributed by atoms with Gasteiger partial charge in [0.05, 0.1) is 21.7 Å². The van der Waals surface area contributed by atoms with Crippen molar-refractivity contribution in [2.24, 2.45) is 0 Å². The third kappa shape index (κ3) is 3.25. The molecule has 21 heavy (non-hydrogen) atoms. The van der Waals surface area contributed by atoms with Gasteiger partial charge in [-0.15, -0.1) is 10.2 Å². The second-order valence-corrected chi connectivity index (χ2v) is 5.52. The van der Waals surface area contributed by atoms with Gasteiger partial charge in [0.1, 0.15) is 0 Å². The Kier molecular flexibility index (Phi) is 4.22. The van der Waals surface area contributed by atoms with Crippen LogP contribution in [0.1, 0.15) is 5.89 Å². The molecule has 1 heterocycles. The minimum atomic E-state index is 0.429. The summed E-state index contributed by atoms with van der Waals surface area (Å²) in [4.78, 5) is 0. The van der Waals surface area contributed by atoms with Gasteiger partial charge in [-0.2, -0.15) is 0 Å². The van der Waals surface area contributed by atoms with Crippen LogP contribution in [0.25, 0.3) is 11.5 Å². The molecule has 0 unspecified atom stereocenters. The highest BCUT2D eigenvalue weighted by atomic mass is 79.9. The topological polar surface area (TPSA) is 51.0 Å². The zero-order valence-corrected chi connectivity index (χ0v) is 13.2. The van der Waals surface area contributed by atoms with Gasteiger partial charge in [0.2, 0.25) is 11.8 Å². The smallest absolute Gasteiger partial charge is 0.247 e. The molecule has 0 amide bonds. The van der Waals surface area contributed by atoms with Crippen LogP contribution in [-0.2, 0) is 6.54 Å². The normalized spacial score (nSPS) is 10.6. The fourth-order valence-corrected chi connectivity index (χ4v) is 2.41. The van der Waals surface area contributed by atoms with E-state index in [9.17, 15) is 0 Å². The third-order valence-electron chi connectivity index (χ3n) is 2.87. The van der Waals surface area contributed by atoms with Crippen LogP contribution in [0.15, 0.2) is 57.4 Å². The van der Waals surface area contributed by atoms with Gasteiger partial charge in [-0.05, 0) is 40.2 Å². The number of benzene rings is 2. The van der Waals surface area contributed by atoms with E-state index in [0.29, 0.717) is 23.3 Å². The third-order valence-corrected chi connectivity index (χ3v) is 4.27. The van der Waals surface area contributed by atoms with E-state index in [1.165, 1.54) is 0 Å². The molecule has 0 aliphatic carbocycles. The van der Waals surface area contributed by atoms with Gasteiger partial charge in [-0.1, -0.05) is 35.9 Å². The van der Waals surface area contributed by atoms with Crippen LogP contribution in [0.3, 0.4) is 0 Å². The maximum absolute atomic E-state index is 6.04. The summed E-state index contributed by atoms with van der Waals surface area (Å²) in [5.41, 5.74) is 1.78. The molecular weight excluding hydrogens is 354 g/mol. The fraction of sp³-hybridized carbons (Fsp3) is 0.0667. The second-order valence-electron chi connectivity index (χ2n) is 4.32. The Labute approximate surface area is 135 Å². The second kappa shape index (κ2) is 6.28. The zero-order valence-electron chi connectivity index (χ0n) is 10.9. The molecule has 0 radical (unpaired) electrons. The Hall–Kier alpha value is -1.85. The molecule has 4 nitrogen and oxygen atoms in total. The van der Waals surface area contributed by atoms with Crippen molar-refractivity contribution in [1.82, 2.24) is 10.2 Å². The molecule has 0 bridgehead atoms. The molecule has 0 spiro atoms. The first-order valence-electron chi connectivity index (χ1n) is 6.30. The van der Waals surface area contributed by atoms with Gasteiger partial charge in [0.15, 0.2) is 0 Å². The van der Waals surface area contributed by atoms with Crippen LogP contribution in [-0.4, -0.2) is 10.2 Å². The van der Waals surface area contributed by atoms with Gasteiger partial charge >= 0.3 is 0 Å². The summed E-state index contributed by atoms with van der Waals surface area (Å²) < 4.78 is 6.44. The minimum Gasteiger partial charge on any atom is -0.419 e. The maximum Gasteiger partial charge on any atom is 0.247 e. The highest BCUT2D eigenvalue weighted by Gasteiger charge is 2.09. The molecular formula is C15H11BrClN3O. The van der Waals surface area contributed by atoms with Crippen molar-refractivity contribution in [3.05, 3.63) is 63.9 Å². The Bertz CT molecular complexity index is 746. The monoisotopic (exact) mass is 363 g/mol. The Morgan fingerprint density at radius 3 is 2.67 bits per heavy atom. The molecule has 3 rings (SSSR count). The Balaban J connectivity index is 1.72. The number of halogens is 2. The quantitative estimate of drug-likeness (QED) is 0.725. The van der Waals surface area contributed by atoms with Crippen molar-refractivity contribution in [3.8, 4) is 11.5 Å². The molecule has 1 N–H and O–H groups in total. The average molecular weight is 365 g/mol. The van der Waals surface area contributed by atoms with Crippen LogP contribution in [0, 0.1) is 0 Å². The van der Waals surface area contributed by atoms with E-state index in [2.05, 4.69) is 31.4 Å². The van der Waals surface area contributed by atoms with Crippen molar-refractivity contribution in [2.75, 3.05) is 5.32 Å². The van der Waals surface area contributed by atoms with E-state index in [0.717, 1.165) is 15.7 Å². The van der Waals surface area contributed by atoms with Crippen LogP contribution >= 0.6 is 27.5 Å². The van der Waals surface area contributed by atoms with Crippen LogP contribution in [0.2, 0.25) is 5.02 Å². The van der Waals surface area contributed by atoms with Gasteiger partial charge in [0, 0.05) is 5.56 Å². The summed E-state index contributed by atoms with van der Waals surface area (Å²) in [6, 6.07) is 15.3. The summed E-state index contributed by atoms with van der Waals surface area (Å²) in [5.74, 6) is 1.03. The molecule has 0 aliphatic rings. The van der Waals surface area contributed by atoms with E-state index in [1.54, 1.807) is 0 Å². The molecule has 0 aliphatic heterocycles. The van der Waals surface area contributed by atoms with Crippen molar-refractivity contribution in [1.29, 1.82) is 0 Å². The standard InChI is InChI=1S/C15H11BrClN3O/c16-14-11(17)7-4-8-12(14)18-9-13-19-20-15(21-13)10-5-2-1-3-6-10/h1-8,18H,9H2. The highest BCUT2D eigenvalue weighted by molar-refractivity contribution is 9.10. The Morgan fingerprint density at radius 1 is 1.05 bits per heavy atom. The number of nitrogens with one attached hydrogen (secondary N) is 1. The van der Waals surface area contributed by atoms with Gasteiger partial charge in [-0.3, -0.25) is 0 Å². The zero-order chi connectivity index (χ0) is 14.7. The van der Waals surface area contributed by atoms with E-state index in [4.69, 9.17) is 16.0 Å². The summed E-state index contributed by atoms with van der Waals surface area (Å²) in [7, 11) is 0. The first kappa shape index (κ1) is 14.1. The lowest BCUT2D eigenvalue weighted by atomic mass is 10.2. The van der Waals surface area contributed by atoms with Gasteiger partial charge < -0.3 is 9.73 Å². The lowest BCUT2D eigenvalue weighted by Gasteiger charge is -2.06. The van der Waals surface area contributed by atoms with E-state index >= 15 is 0 Å².